The molecule has 0 spiro atoms. The number of carbonyl (C=O) groups excluding carboxylic acids is 4. The van der Waals surface area contributed by atoms with Crippen molar-refractivity contribution in [1.29, 1.82) is 0 Å². The zero-order chi connectivity index (χ0) is 30.6. The second-order valence-corrected chi connectivity index (χ2v) is 8.64. The lowest BCUT2D eigenvalue weighted by molar-refractivity contribution is -0.138. The number of hydrogen-bond acceptors (Lipinski definition) is 7. The van der Waals surface area contributed by atoms with Crippen molar-refractivity contribution in [2.45, 2.75) is 59.0 Å². The van der Waals surface area contributed by atoms with Gasteiger partial charge in [0.1, 0.15) is 24.8 Å². The minimum atomic E-state index is -1.23. The Bertz CT molecular complexity index is 1240. The first-order valence-electron chi connectivity index (χ1n) is 13.3. The number of esters is 1. The number of amides is 3. The van der Waals surface area contributed by atoms with Crippen LogP contribution in [0.3, 0.4) is 0 Å². The summed E-state index contributed by atoms with van der Waals surface area (Å²) in [7, 11) is 0. The van der Waals surface area contributed by atoms with E-state index in [1.54, 1.807) is 37.3 Å². The van der Waals surface area contributed by atoms with E-state index in [1.165, 1.54) is 43.3 Å². The molecule has 0 aliphatic heterocycles. The molecule has 2 aromatic rings. The van der Waals surface area contributed by atoms with Crippen LogP contribution in [-0.4, -0.2) is 58.5 Å². The number of aliphatic carboxylic acids is 1. The summed E-state index contributed by atoms with van der Waals surface area (Å²) in [6, 6.07) is 9.95. The molecule has 2 rings (SSSR count). The Morgan fingerprint density at radius 1 is 1.00 bits per heavy atom. The van der Waals surface area contributed by atoms with Gasteiger partial charge in [-0.1, -0.05) is 51.0 Å². The van der Waals surface area contributed by atoms with E-state index < -0.39 is 54.4 Å². The number of carboxylic acid groups (broad SMARTS) is 1. The van der Waals surface area contributed by atoms with Gasteiger partial charge in [0.05, 0.1) is 6.61 Å². The largest absolute Gasteiger partial charge is 0.480 e. The van der Waals surface area contributed by atoms with Gasteiger partial charge in [-0.2, -0.15) is 0 Å². The van der Waals surface area contributed by atoms with Gasteiger partial charge in [0.15, 0.2) is 0 Å². The molecule has 0 bridgehead atoms. The molecular formula is C29H38N4O8. The summed E-state index contributed by atoms with van der Waals surface area (Å²) in [5.74, 6) is -3.65. The summed E-state index contributed by atoms with van der Waals surface area (Å²) in [6.45, 7) is 5.20. The average Bonchev–Trinajstić information content (AvgIpc) is 2.96. The standard InChI is InChI=1S/C25H28N4O8.C4H10/c1-2-37-22(33)13-7-6-11-18(27-23(34)17-9-4-3-5-10-17)24(35)28-19-12-8-14-29(25(19)36)16-20(30)26-15-21(31)32;1-3-4-2/h3-5,7-10,12-14,18H,2,6,11,15-16H2,1H3,(H,26,30)(H,27,34)(H,28,35)(H,31,32);3-4H2,1-2H3/b13-7+;. The topological polar surface area (TPSA) is 173 Å². The fourth-order valence-corrected chi connectivity index (χ4v) is 3.09. The average molecular weight is 571 g/mol. The SMILES string of the molecule is CCCC.CCOC(=O)/C=C/CCC(NC(=O)c1ccccc1)C(=O)Nc1cccn(CC(=O)NCC(=O)O)c1=O. The van der Waals surface area contributed by atoms with Crippen LogP contribution in [0.1, 0.15) is 56.8 Å². The molecule has 1 atom stereocenters. The van der Waals surface area contributed by atoms with Crippen molar-refractivity contribution in [2.75, 3.05) is 18.5 Å². The smallest absolute Gasteiger partial charge is 0.330 e. The molecule has 0 saturated carbocycles. The van der Waals surface area contributed by atoms with Crippen LogP contribution in [0, 0.1) is 0 Å². The number of rotatable bonds is 14. The van der Waals surface area contributed by atoms with E-state index in [0.29, 0.717) is 5.56 Å². The number of carboxylic acids is 1. The Hall–Kier alpha value is -4.74. The molecule has 1 heterocycles. The van der Waals surface area contributed by atoms with Crippen molar-refractivity contribution in [2.24, 2.45) is 0 Å². The Labute approximate surface area is 238 Å². The lowest BCUT2D eigenvalue weighted by Crippen LogP contribution is -2.44. The second kappa shape index (κ2) is 19.3. The highest BCUT2D eigenvalue weighted by molar-refractivity contribution is 6.01. The summed E-state index contributed by atoms with van der Waals surface area (Å²) in [5.41, 5.74) is -0.506. The van der Waals surface area contributed by atoms with E-state index in [1.807, 2.05) is 0 Å². The number of carbonyl (C=O) groups is 5. The summed E-state index contributed by atoms with van der Waals surface area (Å²) < 4.78 is 5.81. The first-order chi connectivity index (χ1) is 19.6. The molecule has 0 aliphatic carbocycles. The van der Waals surface area contributed by atoms with E-state index in [4.69, 9.17) is 9.84 Å². The van der Waals surface area contributed by atoms with Crippen LogP contribution in [0.25, 0.3) is 0 Å². The molecule has 1 unspecified atom stereocenters. The maximum atomic E-state index is 13.0. The fraction of sp³-hybridized carbons (Fsp3) is 0.379. The third-order valence-corrected chi connectivity index (χ3v) is 5.35. The lowest BCUT2D eigenvalue weighted by atomic mass is 10.1. The van der Waals surface area contributed by atoms with Crippen molar-refractivity contribution in [1.82, 2.24) is 15.2 Å². The maximum absolute atomic E-state index is 13.0. The van der Waals surface area contributed by atoms with Gasteiger partial charge in [-0.05, 0) is 44.0 Å². The summed E-state index contributed by atoms with van der Waals surface area (Å²) in [6.07, 6.45) is 7.04. The van der Waals surface area contributed by atoms with Gasteiger partial charge in [0.2, 0.25) is 11.8 Å². The second-order valence-electron chi connectivity index (χ2n) is 8.64. The van der Waals surface area contributed by atoms with Crippen LogP contribution >= 0.6 is 0 Å². The van der Waals surface area contributed by atoms with Crippen LogP contribution < -0.4 is 21.5 Å². The number of hydrogen-bond donors (Lipinski definition) is 4. The predicted octanol–water partition coefficient (Wildman–Crippen LogP) is 2.49. The van der Waals surface area contributed by atoms with Gasteiger partial charge < -0.3 is 30.4 Å². The predicted molar refractivity (Wildman–Crippen MR) is 153 cm³/mol. The first kappa shape index (κ1) is 34.3. The van der Waals surface area contributed by atoms with Gasteiger partial charge >= 0.3 is 11.9 Å². The van der Waals surface area contributed by atoms with Crippen molar-refractivity contribution >= 4 is 35.3 Å². The minimum absolute atomic E-state index is 0.110. The van der Waals surface area contributed by atoms with E-state index in [9.17, 15) is 28.8 Å². The van der Waals surface area contributed by atoms with Gasteiger partial charge in [0, 0.05) is 17.8 Å². The van der Waals surface area contributed by atoms with Crippen molar-refractivity contribution in [3.63, 3.8) is 0 Å². The van der Waals surface area contributed by atoms with Crippen LogP contribution in [0.5, 0.6) is 0 Å². The zero-order valence-electron chi connectivity index (χ0n) is 23.6. The Morgan fingerprint density at radius 3 is 2.29 bits per heavy atom. The molecule has 4 N–H and O–H groups in total. The fourth-order valence-electron chi connectivity index (χ4n) is 3.09. The summed E-state index contributed by atoms with van der Waals surface area (Å²) in [4.78, 5) is 72.4. The molecule has 1 aromatic carbocycles. The van der Waals surface area contributed by atoms with E-state index in [0.717, 1.165) is 4.57 Å². The van der Waals surface area contributed by atoms with Crippen LogP contribution in [0.4, 0.5) is 5.69 Å². The summed E-state index contributed by atoms with van der Waals surface area (Å²) >= 11 is 0. The van der Waals surface area contributed by atoms with Crippen molar-refractivity contribution in [3.8, 4) is 0 Å². The minimum Gasteiger partial charge on any atom is -0.480 e. The molecule has 0 saturated heterocycles. The Kier molecular flexibility index (Phi) is 16.2. The van der Waals surface area contributed by atoms with E-state index >= 15 is 0 Å². The lowest BCUT2D eigenvalue weighted by Gasteiger charge is -2.18. The quantitative estimate of drug-likeness (QED) is 0.198. The van der Waals surface area contributed by atoms with Crippen LogP contribution in [-0.2, 0) is 30.5 Å². The molecule has 222 valence electrons. The molecule has 0 aliphatic rings. The number of ether oxygens (including phenoxy) is 1. The number of anilines is 1. The number of nitrogens with zero attached hydrogens (tertiary/aromatic N) is 1. The van der Waals surface area contributed by atoms with Gasteiger partial charge in [-0.3, -0.25) is 24.0 Å². The number of allylic oxidation sites excluding steroid dienone is 1. The highest BCUT2D eigenvalue weighted by Gasteiger charge is 2.22. The molecule has 41 heavy (non-hydrogen) atoms. The number of benzene rings is 1. The Balaban J connectivity index is 0.00000196. The zero-order valence-corrected chi connectivity index (χ0v) is 23.6. The number of unbranched alkanes of at least 4 members (excludes halogenated alkanes) is 1. The van der Waals surface area contributed by atoms with E-state index in [2.05, 4.69) is 29.8 Å². The normalized spacial score (nSPS) is 11.0. The number of nitrogens with one attached hydrogen (secondary N) is 3. The first-order valence-corrected chi connectivity index (χ1v) is 13.3. The molecule has 12 heteroatoms. The van der Waals surface area contributed by atoms with Crippen molar-refractivity contribution in [3.05, 3.63) is 76.7 Å². The third-order valence-electron chi connectivity index (χ3n) is 5.35. The highest BCUT2D eigenvalue weighted by atomic mass is 16.5. The number of aromatic nitrogens is 1. The third kappa shape index (κ3) is 13.8. The van der Waals surface area contributed by atoms with Gasteiger partial charge in [-0.25, -0.2) is 4.79 Å². The van der Waals surface area contributed by atoms with Crippen LogP contribution in [0.2, 0.25) is 0 Å². The van der Waals surface area contributed by atoms with Crippen LogP contribution in [0.15, 0.2) is 65.6 Å². The molecular weight excluding hydrogens is 532 g/mol. The van der Waals surface area contributed by atoms with Gasteiger partial charge in [0.25, 0.3) is 11.5 Å². The molecule has 1 aromatic heterocycles. The van der Waals surface area contributed by atoms with E-state index in [-0.39, 0.29) is 25.1 Å². The monoisotopic (exact) mass is 570 g/mol. The molecule has 0 radical (unpaired) electrons. The maximum Gasteiger partial charge on any atom is 0.330 e. The molecule has 3 amide bonds. The Morgan fingerprint density at radius 2 is 1.68 bits per heavy atom. The molecule has 12 nitrogen and oxygen atoms in total. The van der Waals surface area contributed by atoms with Gasteiger partial charge in [-0.15, -0.1) is 0 Å². The number of pyridine rings is 1. The highest BCUT2D eigenvalue weighted by Crippen LogP contribution is 2.07. The molecule has 0 fully saturated rings. The van der Waals surface area contributed by atoms with Crippen molar-refractivity contribution < 1.29 is 33.8 Å². The summed E-state index contributed by atoms with van der Waals surface area (Å²) in [5, 5.41) is 15.9.